The maximum absolute atomic E-state index is 12.0. The molecule has 0 saturated carbocycles. The Hall–Kier alpha value is -1.67. The van der Waals surface area contributed by atoms with Gasteiger partial charge >= 0.3 is 0 Å². The third-order valence-corrected chi connectivity index (χ3v) is 4.44. The first-order valence-corrected chi connectivity index (χ1v) is 8.36. The minimum atomic E-state index is -3.62. The highest BCUT2D eigenvalue weighted by molar-refractivity contribution is 8.13. The number of benzene rings is 1. The summed E-state index contributed by atoms with van der Waals surface area (Å²) in [5.41, 5.74) is 1.60. The van der Waals surface area contributed by atoms with Crippen molar-refractivity contribution in [2.45, 2.75) is 6.42 Å². The quantitative estimate of drug-likeness (QED) is 0.789. The fourth-order valence-corrected chi connectivity index (χ4v) is 3.74. The number of fused-ring (bicyclic) bond motifs is 1. The van der Waals surface area contributed by atoms with E-state index in [4.69, 9.17) is 10.7 Å². The molecule has 1 atom stereocenters. The first-order chi connectivity index (χ1) is 9.44. The van der Waals surface area contributed by atoms with Crippen LogP contribution in [0.25, 0.3) is 11.0 Å². The zero-order valence-electron chi connectivity index (χ0n) is 10.2. The van der Waals surface area contributed by atoms with Crippen molar-refractivity contribution in [3.8, 4) is 0 Å². The second kappa shape index (κ2) is 4.71. The topological polar surface area (TPSA) is 93.4 Å². The summed E-state index contributed by atoms with van der Waals surface area (Å²) in [7, 11) is 1.62. The van der Waals surface area contributed by atoms with Gasteiger partial charge in [0.15, 0.2) is 5.52 Å². The van der Waals surface area contributed by atoms with Crippen molar-refractivity contribution in [3.63, 3.8) is 0 Å². The summed E-state index contributed by atoms with van der Waals surface area (Å²) in [6.45, 7) is 0.288. The summed E-state index contributed by atoms with van der Waals surface area (Å²) in [6, 6.07) is 5.18. The van der Waals surface area contributed by atoms with Crippen LogP contribution in [0.4, 0.5) is 5.69 Å². The normalized spacial score (nSPS) is 19.9. The van der Waals surface area contributed by atoms with E-state index in [1.165, 1.54) is 4.90 Å². The molecule has 9 heteroatoms. The molecule has 0 bridgehead atoms. The Morgan fingerprint density at radius 2 is 2.20 bits per heavy atom. The molecule has 1 aromatic heterocycles. The van der Waals surface area contributed by atoms with Crippen LogP contribution in [0, 0.1) is 5.92 Å². The van der Waals surface area contributed by atoms with E-state index >= 15 is 0 Å². The molecule has 106 valence electrons. The monoisotopic (exact) mass is 315 g/mol. The van der Waals surface area contributed by atoms with Crippen LogP contribution in [0.3, 0.4) is 0 Å². The first-order valence-electron chi connectivity index (χ1n) is 5.88. The van der Waals surface area contributed by atoms with Gasteiger partial charge in [-0.15, -0.1) is 0 Å². The van der Waals surface area contributed by atoms with Gasteiger partial charge in [0.05, 0.1) is 11.4 Å². The molecule has 1 aromatic carbocycles. The second-order valence-corrected chi connectivity index (χ2v) is 7.51. The molecule has 1 saturated heterocycles. The molecule has 2 heterocycles. The number of nitrogens with zero attached hydrogens (tertiary/aromatic N) is 3. The van der Waals surface area contributed by atoms with Crippen molar-refractivity contribution >= 4 is 42.4 Å². The number of halogens is 1. The van der Waals surface area contributed by atoms with E-state index in [-0.39, 0.29) is 30.5 Å². The Morgan fingerprint density at radius 1 is 1.40 bits per heavy atom. The third kappa shape index (κ3) is 2.48. The molecule has 1 fully saturated rings. The molecule has 20 heavy (non-hydrogen) atoms. The van der Waals surface area contributed by atoms with Crippen LogP contribution in [0.1, 0.15) is 6.42 Å². The van der Waals surface area contributed by atoms with E-state index in [1.807, 2.05) is 0 Å². The van der Waals surface area contributed by atoms with Gasteiger partial charge in [0, 0.05) is 29.6 Å². The van der Waals surface area contributed by atoms with Gasteiger partial charge in [-0.05, 0) is 22.4 Å². The van der Waals surface area contributed by atoms with E-state index in [1.54, 1.807) is 18.2 Å². The van der Waals surface area contributed by atoms with Crippen molar-refractivity contribution in [2.75, 3.05) is 17.2 Å². The number of aromatic nitrogens is 2. The number of hydrogen-bond acceptors (Lipinski definition) is 6. The van der Waals surface area contributed by atoms with Crippen molar-refractivity contribution in [2.24, 2.45) is 5.92 Å². The lowest BCUT2D eigenvalue weighted by Crippen LogP contribution is -2.25. The van der Waals surface area contributed by atoms with Gasteiger partial charge in [0.1, 0.15) is 5.52 Å². The highest BCUT2D eigenvalue weighted by atomic mass is 35.7. The SMILES string of the molecule is O=C1CC(CS(=O)(=O)Cl)CN1c1cccc2nonc12. The predicted octanol–water partition coefficient (Wildman–Crippen LogP) is 1.14. The minimum absolute atomic E-state index is 0.146. The fourth-order valence-electron chi connectivity index (χ4n) is 2.42. The summed E-state index contributed by atoms with van der Waals surface area (Å²) in [6.07, 6.45) is 0.146. The molecule has 3 rings (SSSR count). The zero-order valence-corrected chi connectivity index (χ0v) is 11.8. The molecular formula is C11H10ClN3O4S. The number of rotatable bonds is 3. The average Bonchev–Trinajstić information content (AvgIpc) is 2.93. The maximum Gasteiger partial charge on any atom is 0.232 e. The van der Waals surface area contributed by atoms with Crippen LogP contribution in [-0.2, 0) is 13.8 Å². The Morgan fingerprint density at radius 3 is 2.95 bits per heavy atom. The lowest BCUT2D eigenvalue weighted by molar-refractivity contribution is -0.117. The fraction of sp³-hybridized carbons (Fsp3) is 0.364. The second-order valence-electron chi connectivity index (χ2n) is 4.69. The Kier molecular flexibility index (Phi) is 3.14. The molecule has 1 unspecified atom stereocenters. The van der Waals surface area contributed by atoms with Gasteiger partial charge in [-0.1, -0.05) is 6.07 Å². The first kappa shape index (κ1) is 13.3. The van der Waals surface area contributed by atoms with E-state index in [0.29, 0.717) is 16.7 Å². The van der Waals surface area contributed by atoms with E-state index in [0.717, 1.165) is 0 Å². The van der Waals surface area contributed by atoms with Gasteiger partial charge in [0.25, 0.3) is 0 Å². The van der Waals surface area contributed by atoms with Crippen molar-refractivity contribution in [1.82, 2.24) is 10.3 Å². The maximum atomic E-state index is 12.0. The van der Waals surface area contributed by atoms with Crippen LogP contribution in [0.15, 0.2) is 22.8 Å². The lowest BCUT2D eigenvalue weighted by Gasteiger charge is -2.16. The average molecular weight is 316 g/mol. The Labute approximate surface area is 118 Å². The number of hydrogen-bond donors (Lipinski definition) is 0. The van der Waals surface area contributed by atoms with Crippen molar-refractivity contribution in [3.05, 3.63) is 18.2 Å². The van der Waals surface area contributed by atoms with Crippen molar-refractivity contribution < 1.29 is 17.8 Å². The highest BCUT2D eigenvalue weighted by Gasteiger charge is 2.34. The van der Waals surface area contributed by atoms with E-state index in [9.17, 15) is 13.2 Å². The van der Waals surface area contributed by atoms with Gasteiger partial charge in [-0.25, -0.2) is 13.0 Å². The summed E-state index contributed by atoms with van der Waals surface area (Å²) in [4.78, 5) is 13.5. The van der Waals surface area contributed by atoms with Gasteiger partial charge < -0.3 is 4.90 Å². The van der Waals surface area contributed by atoms with Crippen LogP contribution in [0.2, 0.25) is 0 Å². The summed E-state index contributed by atoms with van der Waals surface area (Å²) in [5, 5.41) is 7.49. The minimum Gasteiger partial charge on any atom is -0.310 e. The smallest absolute Gasteiger partial charge is 0.232 e. The Bertz CT molecular complexity index is 773. The largest absolute Gasteiger partial charge is 0.310 e. The molecular weight excluding hydrogens is 306 g/mol. The molecule has 1 aliphatic rings. The molecule has 0 radical (unpaired) electrons. The molecule has 7 nitrogen and oxygen atoms in total. The van der Waals surface area contributed by atoms with Crippen LogP contribution < -0.4 is 4.90 Å². The summed E-state index contributed by atoms with van der Waals surface area (Å²) < 4.78 is 26.9. The molecule has 1 aliphatic heterocycles. The highest BCUT2D eigenvalue weighted by Crippen LogP contribution is 2.30. The molecule has 0 N–H and O–H groups in total. The van der Waals surface area contributed by atoms with Gasteiger partial charge in [-0.2, -0.15) is 0 Å². The standard InChI is InChI=1S/C11H10ClN3O4S/c12-20(17,18)6-7-4-10(16)15(5-7)9-3-1-2-8-11(9)14-19-13-8/h1-3,7H,4-6H2. The zero-order chi connectivity index (χ0) is 14.3. The summed E-state index contributed by atoms with van der Waals surface area (Å²) in [5.74, 6) is -0.699. The number of anilines is 1. The van der Waals surface area contributed by atoms with Gasteiger partial charge in [0.2, 0.25) is 15.0 Å². The number of carbonyl (C=O) groups is 1. The predicted molar refractivity (Wildman–Crippen MR) is 71.9 cm³/mol. The molecule has 1 amide bonds. The van der Waals surface area contributed by atoms with E-state index in [2.05, 4.69) is 14.9 Å². The number of carbonyl (C=O) groups excluding carboxylic acids is 1. The van der Waals surface area contributed by atoms with Crippen molar-refractivity contribution in [1.29, 1.82) is 0 Å². The third-order valence-electron chi connectivity index (χ3n) is 3.20. The molecule has 0 aliphatic carbocycles. The van der Waals surface area contributed by atoms with Gasteiger partial charge in [-0.3, -0.25) is 4.79 Å². The molecule has 0 spiro atoms. The lowest BCUT2D eigenvalue weighted by atomic mass is 10.1. The van der Waals surface area contributed by atoms with E-state index < -0.39 is 9.05 Å². The molecule has 2 aromatic rings. The number of amides is 1. The van der Waals surface area contributed by atoms with Crippen LogP contribution >= 0.6 is 10.7 Å². The summed E-state index contributed by atoms with van der Waals surface area (Å²) >= 11 is 0. The Balaban J connectivity index is 1.91. The van der Waals surface area contributed by atoms with Crippen LogP contribution in [0.5, 0.6) is 0 Å². The van der Waals surface area contributed by atoms with Crippen LogP contribution in [-0.4, -0.2) is 36.9 Å².